The third-order valence-electron chi connectivity index (χ3n) is 5.10. The van der Waals surface area contributed by atoms with E-state index in [1.165, 1.54) is 11.8 Å². The fourth-order valence-corrected chi connectivity index (χ4v) is 5.06. The molecule has 9 heteroatoms. The highest BCUT2D eigenvalue weighted by atomic mass is 32.2. The van der Waals surface area contributed by atoms with Crippen LogP contribution in [0.5, 0.6) is 0 Å². The van der Waals surface area contributed by atoms with Gasteiger partial charge in [0.1, 0.15) is 5.76 Å². The number of pyridine rings is 1. The van der Waals surface area contributed by atoms with Gasteiger partial charge >= 0.3 is 0 Å². The van der Waals surface area contributed by atoms with Gasteiger partial charge in [-0.15, -0.1) is 21.5 Å². The number of furan rings is 1. The fourth-order valence-electron chi connectivity index (χ4n) is 3.49. The van der Waals surface area contributed by atoms with E-state index in [1.807, 2.05) is 81.6 Å². The van der Waals surface area contributed by atoms with E-state index in [0.717, 1.165) is 21.9 Å². The minimum Gasteiger partial charge on any atom is -0.467 e. The third-order valence-corrected chi connectivity index (χ3v) is 6.87. The molecule has 0 fully saturated rings. The maximum Gasteiger partial charge on any atom is 0.233 e. The standard InChI is InChI=1S/C25H21N5O2S2/c31-23(29(16-21-10-5-13-32-21)17-22-11-6-14-33-22)18-34-25-28-27-24(19-7-4-12-26-15-19)30(25)20-8-2-1-3-9-20/h1-15H,16-18H2. The normalized spacial score (nSPS) is 10.9. The Hall–Kier alpha value is -3.69. The van der Waals surface area contributed by atoms with E-state index < -0.39 is 0 Å². The predicted molar refractivity (Wildman–Crippen MR) is 133 cm³/mol. The molecule has 0 bridgehead atoms. The summed E-state index contributed by atoms with van der Waals surface area (Å²) in [5.74, 6) is 1.66. The van der Waals surface area contributed by atoms with Crippen LogP contribution in [-0.2, 0) is 17.9 Å². The number of thiophene rings is 1. The van der Waals surface area contributed by atoms with Gasteiger partial charge in [-0.1, -0.05) is 36.0 Å². The van der Waals surface area contributed by atoms with Crippen LogP contribution in [0.3, 0.4) is 0 Å². The first kappa shape index (κ1) is 22.1. The van der Waals surface area contributed by atoms with E-state index >= 15 is 0 Å². The molecule has 0 aliphatic carbocycles. The van der Waals surface area contributed by atoms with Gasteiger partial charge < -0.3 is 9.32 Å². The van der Waals surface area contributed by atoms with Crippen molar-refractivity contribution in [2.24, 2.45) is 0 Å². The maximum atomic E-state index is 13.3. The summed E-state index contributed by atoms with van der Waals surface area (Å²) in [6.07, 6.45) is 5.11. The van der Waals surface area contributed by atoms with Crippen molar-refractivity contribution in [3.8, 4) is 17.1 Å². The summed E-state index contributed by atoms with van der Waals surface area (Å²) in [6.45, 7) is 0.945. The second-order valence-electron chi connectivity index (χ2n) is 7.42. The van der Waals surface area contributed by atoms with E-state index in [9.17, 15) is 4.79 Å². The summed E-state index contributed by atoms with van der Waals surface area (Å²) in [4.78, 5) is 20.4. The van der Waals surface area contributed by atoms with Crippen LogP contribution in [0.15, 0.2) is 100 Å². The molecule has 4 aromatic heterocycles. The number of rotatable bonds is 9. The second kappa shape index (κ2) is 10.5. The summed E-state index contributed by atoms with van der Waals surface area (Å²) in [5, 5.41) is 11.5. The second-order valence-corrected chi connectivity index (χ2v) is 9.39. The smallest absolute Gasteiger partial charge is 0.233 e. The maximum absolute atomic E-state index is 13.3. The van der Waals surface area contributed by atoms with Gasteiger partial charge in [-0.25, -0.2) is 0 Å². The van der Waals surface area contributed by atoms with Crippen molar-refractivity contribution in [1.29, 1.82) is 0 Å². The Morgan fingerprint density at radius 3 is 2.65 bits per heavy atom. The molecule has 0 saturated carbocycles. The van der Waals surface area contributed by atoms with Crippen LogP contribution < -0.4 is 0 Å². The van der Waals surface area contributed by atoms with Gasteiger partial charge in [0.25, 0.3) is 0 Å². The summed E-state index contributed by atoms with van der Waals surface area (Å²) >= 11 is 3.00. The molecule has 0 radical (unpaired) electrons. The molecule has 4 heterocycles. The molecule has 5 aromatic rings. The van der Waals surface area contributed by atoms with E-state index in [1.54, 1.807) is 30.0 Å². The van der Waals surface area contributed by atoms with Crippen molar-refractivity contribution in [3.63, 3.8) is 0 Å². The molecule has 0 saturated heterocycles. The van der Waals surface area contributed by atoms with Gasteiger partial charge in [-0.2, -0.15) is 0 Å². The molecule has 0 N–H and O–H groups in total. The summed E-state index contributed by atoms with van der Waals surface area (Å²) in [6, 6.07) is 21.4. The molecular weight excluding hydrogens is 466 g/mol. The number of carbonyl (C=O) groups is 1. The zero-order valence-electron chi connectivity index (χ0n) is 18.2. The van der Waals surface area contributed by atoms with Gasteiger partial charge in [0, 0.05) is 28.5 Å². The molecule has 34 heavy (non-hydrogen) atoms. The lowest BCUT2D eigenvalue weighted by atomic mass is 10.2. The number of hydrogen-bond donors (Lipinski definition) is 0. The van der Waals surface area contributed by atoms with E-state index in [-0.39, 0.29) is 11.7 Å². The molecule has 1 amide bonds. The number of thioether (sulfide) groups is 1. The van der Waals surface area contributed by atoms with Crippen LogP contribution in [0.25, 0.3) is 17.1 Å². The average Bonchev–Trinajstić information content (AvgIpc) is 3.66. The highest BCUT2D eigenvalue weighted by molar-refractivity contribution is 7.99. The van der Waals surface area contributed by atoms with Crippen LogP contribution in [0, 0.1) is 0 Å². The van der Waals surface area contributed by atoms with Crippen LogP contribution in [0.4, 0.5) is 0 Å². The van der Waals surface area contributed by atoms with Gasteiger partial charge in [0.2, 0.25) is 5.91 Å². The Labute approximate surface area is 205 Å². The first-order valence-corrected chi connectivity index (χ1v) is 12.5. The Morgan fingerprint density at radius 2 is 1.91 bits per heavy atom. The molecule has 5 rings (SSSR count). The van der Waals surface area contributed by atoms with Crippen LogP contribution in [0.2, 0.25) is 0 Å². The van der Waals surface area contributed by atoms with Gasteiger partial charge in [-0.3, -0.25) is 14.3 Å². The molecule has 0 aliphatic rings. The molecule has 7 nitrogen and oxygen atoms in total. The minimum atomic E-state index is 0.000314. The number of aromatic nitrogens is 4. The van der Waals surface area contributed by atoms with Crippen molar-refractivity contribution in [2.75, 3.05) is 5.75 Å². The van der Waals surface area contributed by atoms with Gasteiger partial charge in [0.15, 0.2) is 11.0 Å². The van der Waals surface area contributed by atoms with Crippen molar-refractivity contribution < 1.29 is 9.21 Å². The Kier molecular flexibility index (Phi) is 6.83. The number of para-hydroxylation sites is 1. The number of benzene rings is 1. The largest absolute Gasteiger partial charge is 0.467 e. The fraction of sp³-hybridized carbons (Fsp3) is 0.120. The highest BCUT2D eigenvalue weighted by Crippen LogP contribution is 2.28. The lowest BCUT2D eigenvalue weighted by Crippen LogP contribution is -2.31. The Bertz CT molecular complexity index is 1280. The molecule has 170 valence electrons. The number of hydrogen-bond acceptors (Lipinski definition) is 7. The van der Waals surface area contributed by atoms with E-state index in [4.69, 9.17) is 4.42 Å². The zero-order chi connectivity index (χ0) is 23.2. The predicted octanol–water partition coefficient (Wildman–Crippen LogP) is 5.30. The number of amides is 1. The summed E-state index contributed by atoms with van der Waals surface area (Å²) < 4.78 is 7.46. The van der Waals surface area contributed by atoms with Crippen molar-refractivity contribution in [3.05, 3.63) is 101 Å². The molecule has 0 atom stereocenters. The average molecular weight is 488 g/mol. The monoisotopic (exact) mass is 487 g/mol. The zero-order valence-corrected chi connectivity index (χ0v) is 19.8. The lowest BCUT2D eigenvalue weighted by Gasteiger charge is -2.21. The third kappa shape index (κ3) is 5.11. The van der Waals surface area contributed by atoms with E-state index in [0.29, 0.717) is 24.1 Å². The first-order valence-electron chi connectivity index (χ1n) is 10.6. The van der Waals surface area contributed by atoms with Crippen molar-refractivity contribution in [2.45, 2.75) is 18.2 Å². The van der Waals surface area contributed by atoms with Crippen molar-refractivity contribution >= 4 is 29.0 Å². The molecule has 0 spiro atoms. The van der Waals surface area contributed by atoms with Gasteiger partial charge in [0.05, 0.1) is 25.1 Å². The highest BCUT2D eigenvalue weighted by Gasteiger charge is 2.21. The summed E-state index contributed by atoms with van der Waals surface area (Å²) in [5.41, 5.74) is 1.78. The molecule has 0 aliphatic heterocycles. The molecule has 1 aromatic carbocycles. The summed E-state index contributed by atoms with van der Waals surface area (Å²) in [7, 11) is 0. The Balaban J connectivity index is 1.39. The Morgan fingerprint density at radius 1 is 1.00 bits per heavy atom. The minimum absolute atomic E-state index is 0.000314. The van der Waals surface area contributed by atoms with Crippen LogP contribution >= 0.6 is 23.1 Å². The number of nitrogens with zero attached hydrogens (tertiary/aromatic N) is 5. The quantitative estimate of drug-likeness (QED) is 0.263. The van der Waals surface area contributed by atoms with Crippen LogP contribution in [-0.4, -0.2) is 36.3 Å². The lowest BCUT2D eigenvalue weighted by molar-refractivity contribution is -0.129. The number of carbonyl (C=O) groups excluding carboxylic acids is 1. The first-order chi connectivity index (χ1) is 16.8. The molecule has 0 unspecified atom stereocenters. The van der Waals surface area contributed by atoms with E-state index in [2.05, 4.69) is 15.2 Å². The molecular formula is C25H21N5O2S2. The van der Waals surface area contributed by atoms with Crippen LogP contribution in [0.1, 0.15) is 10.6 Å². The van der Waals surface area contributed by atoms with Gasteiger partial charge in [-0.05, 0) is 47.8 Å². The SMILES string of the molecule is O=C(CSc1nnc(-c2cccnc2)n1-c1ccccc1)N(Cc1ccco1)Cc1cccs1. The van der Waals surface area contributed by atoms with Crippen molar-refractivity contribution in [1.82, 2.24) is 24.6 Å². The topological polar surface area (TPSA) is 77.1 Å².